The summed E-state index contributed by atoms with van der Waals surface area (Å²) < 4.78 is 5.63. The fourth-order valence-electron chi connectivity index (χ4n) is 4.97. The van der Waals surface area contributed by atoms with Crippen molar-refractivity contribution in [2.45, 2.75) is 70.6 Å². The third-order valence-corrected chi connectivity index (χ3v) is 6.60. The molecule has 2 saturated heterocycles. The Balaban J connectivity index is 1.43. The number of ether oxygens (including phenoxy) is 1. The van der Waals surface area contributed by atoms with Gasteiger partial charge in [0, 0.05) is 23.6 Å². The molecule has 158 valence electrons. The molecular formula is C26H31NO3. The highest BCUT2D eigenvalue weighted by Crippen LogP contribution is 2.39. The van der Waals surface area contributed by atoms with Crippen LogP contribution in [0.4, 0.5) is 4.79 Å². The third-order valence-electron chi connectivity index (χ3n) is 6.60. The van der Waals surface area contributed by atoms with Gasteiger partial charge in [-0.05, 0) is 55.2 Å². The van der Waals surface area contributed by atoms with E-state index in [2.05, 4.69) is 19.9 Å². The molecule has 2 bridgehead atoms. The van der Waals surface area contributed by atoms with Crippen LogP contribution in [0.3, 0.4) is 0 Å². The van der Waals surface area contributed by atoms with Gasteiger partial charge in [0.25, 0.3) is 0 Å². The highest BCUT2D eigenvalue weighted by molar-refractivity contribution is 5.98. The summed E-state index contributed by atoms with van der Waals surface area (Å²) in [5, 5.41) is 0. The fraction of sp³-hybridized carbons (Fsp3) is 0.462. The van der Waals surface area contributed by atoms with Crippen LogP contribution in [0.5, 0.6) is 0 Å². The smallest absolute Gasteiger partial charge is 0.410 e. The monoisotopic (exact) mass is 405 g/mol. The number of ketones is 1. The quantitative estimate of drug-likeness (QED) is 0.576. The summed E-state index contributed by atoms with van der Waals surface area (Å²) in [6, 6.07) is 18.0. The Bertz CT molecular complexity index is 878. The molecule has 0 aromatic heterocycles. The second-order valence-corrected chi connectivity index (χ2v) is 9.00. The zero-order chi connectivity index (χ0) is 21.1. The van der Waals surface area contributed by atoms with Gasteiger partial charge in [0.15, 0.2) is 5.78 Å². The SMILES string of the molecule is CC(C)c1cccc(C(=O)C2CC3CCCC(C2)N3C(=O)OCc2ccccc2)c1. The van der Waals surface area contributed by atoms with Crippen LogP contribution in [-0.4, -0.2) is 28.9 Å². The lowest BCUT2D eigenvalue weighted by Crippen LogP contribution is -2.55. The summed E-state index contributed by atoms with van der Waals surface area (Å²) >= 11 is 0. The lowest BCUT2D eigenvalue weighted by molar-refractivity contribution is 0.00472. The zero-order valence-electron chi connectivity index (χ0n) is 17.9. The number of carbonyl (C=O) groups is 2. The van der Waals surface area contributed by atoms with Crippen molar-refractivity contribution in [1.29, 1.82) is 0 Å². The Hall–Kier alpha value is -2.62. The average molecular weight is 406 g/mol. The van der Waals surface area contributed by atoms with Crippen LogP contribution < -0.4 is 0 Å². The Morgan fingerprint density at radius 2 is 1.70 bits per heavy atom. The van der Waals surface area contributed by atoms with E-state index in [0.29, 0.717) is 12.5 Å². The molecule has 2 aliphatic rings. The first-order valence-corrected chi connectivity index (χ1v) is 11.2. The summed E-state index contributed by atoms with van der Waals surface area (Å²) in [6.45, 7) is 4.58. The predicted octanol–water partition coefficient (Wildman–Crippen LogP) is 5.96. The standard InChI is InChI=1S/C26H31NO3/c1-18(2)20-10-6-11-21(14-20)25(28)22-15-23-12-7-13-24(16-22)27(23)26(29)30-17-19-8-4-3-5-9-19/h3-6,8-11,14,18,22-24H,7,12-13,15-17H2,1-2H3. The van der Waals surface area contributed by atoms with E-state index < -0.39 is 0 Å². The van der Waals surface area contributed by atoms with Crippen molar-refractivity contribution in [3.8, 4) is 0 Å². The number of Topliss-reactive ketones (excluding diaryl/α,β-unsaturated/α-hetero) is 1. The van der Waals surface area contributed by atoms with Gasteiger partial charge in [-0.15, -0.1) is 0 Å². The van der Waals surface area contributed by atoms with E-state index in [1.54, 1.807) is 0 Å². The summed E-state index contributed by atoms with van der Waals surface area (Å²) in [6.07, 6.45) is 4.26. The maximum Gasteiger partial charge on any atom is 0.410 e. The second-order valence-electron chi connectivity index (χ2n) is 9.00. The van der Waals surface area contributed by atoms with E-state index >= 15 is 0 Å². The van der Waals surface area contributed by atoms with Crippen molar-refractivity contribution in [2.75, 3.05) is 0 Å². The molecule has 1 amide bonds. The third kappa shape index (κ3) is 4.43. The molecule has 2 atom stereocenters. The Kier molecular flexibility index (Phi) is 6.21. The first kappa shape index (κ1) is 20.6. The molecule has 0 spiro atoms. The van der Waals surface area contributed by atoms with Crippen molar-refractivity contribution in [3.05, 3.63) is 71.3 Å². The number of piperidine rings is 2. The van der Waals surface area contributed by atoms with Crippen molar-refractivity contribution >= 4 is 11.9 Å². The first-order chi connectivity index (χ1) is 14.5. The number of benzene rings is 2. The van der Waals surface area contributed by atoms with Crippen LogP contribution in [-0.2, 0) is 11.3 Å². The summed E-state index contributed by atoms with van der Waals surface area (Å²) in [7, 11) is 0. The summed E-state index contributed by atoms with van der Waals surface area (Å²) in [4.78, 5) is 28.1. The molecule has 0 saturated carbocycles. The van der Waals surface area contributed by atoms with Crippen LogP contribution >= 0.6 is 0 Å². The van der Waals surface area contributed by atoms with Crippen molar-refractivity contribution in [1.82, 2.24) is 4.90 Å². The van der Waals surface area contributed by atoms with Crippen LogP contribution in [0, 0.1) is 5.92 Å². The van der Waals surface area contributed by atoms with Gasteiger partial charge in [-0.1, -0.05) is 62.4 Å². The van der Waals surface area contributed by atoms with Crippen LogP contribution in [0.1, 0.15) is 73.4 Å². The van der Waals surface area contributed by atoms with Crippen LogP contribution in [0.2, 0.25) is 0 Å². The molecule has 2 unspecified atom stereocenters. The number of rotatable bonds is 5. The van der Waals surface area contributed by atoms with Crippen molar-refractivity contribution in [3.63, 3.8) is 0 Å². The molecular weight excluding hydrogens is 374 g/mol. The summed E-state index contributed by atoms with van der Waals surface area (Å²) in [5.41, 5.74) is 3.00. The lowest BCUT2D eigenvalue weighted by atomic mass is 9.75. The number of nitrogens with zero attached hydrogens (tertiary/aromatic N) is 1. The molecule has 4 rings (SSSR count). The molecule has 0 aliphatic carbocycles. The van der Waals surface area contributed by atoms with E-state index in [4.69, 9.17) is 4.74 Å². The lowest BCUT2D eigenvalue weighted by Gasteiger charge is -2.47. The maximum absolute atomic E-state index is 13.3. The van der Waals surface area contributed by atoms with Crippen molar-refractivity contribution in [2.24, 2.45) is 5.92 Å². The number of carbonyl (C=O) groups excluding carboxylic acids is 2. The molecule has 2 aromatic rings. The van der Waals surface area contributed by atoms with Gasteiger partial charge in [0.1, 0.15) is 6.61 Å². The fourth-order valence-corrected chi connectivity index (χ4v) is 4.97. The molecule has 4 heteroatoms. The largest absolute Gasteiger partial charge is 0.445 e. The topological polar surface area (TPSA) is 46.6 Å². The van der Waals surface area contributed by atoms with Gasteiger partial charge in [-0.25, -0.2) is 4.79 Å². The van der Waals surface area contributed by atoms with Gasteiger partial charge in [0.05, 0.1) is 0 Å². The zero-order valence-corrected chi connectivity index (χ0v) is 17.9. The molecule has 0 radical (unpaired) electrons. The van der Waals surface area contributed by atoms with E-state index in [1.807, 2.05) is 53.4 Å². The van der Waals surface area contributed by atoms with Gasteiger partial charge in [-0.2, -0.15) is 0 Å². The normalized spacial score (nSPS) is 23.3. The van der Waals surface area contributed by atoms with Gasteiger partial charge in [-0.3, -0.25) is 4.79 Å². The second kappa shape index (κ2) is 9.03. The summed E-state index contributed by atoms with van der Waals surface area (Å²) in [5.74, 6) is 0.617. The van der Waals surface area contributed by atoms with E-state index in [0.717, 1.165) is 43.2 Å². The Morgan fingerprint density at radius 3 is 2.37 bits per heavy atom. The molecule has 2 aliphatic heterocycles. The highest BCUT2D eigenvalue weighted by Gasteiger charge is 2.43. The van der Waals surface area contributed by atoms with Gasteiger partial charge < -0.3 is 9.64 Å². The van der Waals surface area contributed by atoms with E-state index in [1.165, 1.54) is 5.56 Å². The minimum atomic E-state index is -0.235. The number of fused-ring (bicyclic) bond motifs is 2. The van der Waals surface area contributed by atoms with Crippen molar-refractivity contribution < 1.29 is 14.3 Å². The van der Waals surface area contributed by atoms with Gasteiger partial charge >= 0.3 is 6.09 Å². The molecule has 4 nitrogen and oxygen atoms in total. The molecule has 2 aromatic carbocycles. The average Bonchev–Trinajstić information content (AvgIpc) is 2.76. The molecule has 0 N–H and O–H groups in total. The first-order valence-electron chi connectivity index (χ1n) is 11.2. The number of hydrogen-bond donors (Lipinski definition) is 0. The molecule has 2 fully saturated rings. The van der Waals surface area contributed by atoms with Crippen LogP contribution in [0.15, 0.2) is 54.6 Å². The van der Waals surface area contributed by atoms with Crippen LogP contribution in [0.25, 0.3) is 0 Å². The number of hydrogen-bond acceptors (Lipinski definition) is 3. The minimum Gasteiger partial charge on any atom is -0.445 e. The molecule has 2 heterocycles. The van der Waals surface area contributed by atoms with E-state index in [-0.39, 0.29) is 29.9 Å². The predicted molar refractivity (Wildman–Crippen MR) is 117 cm³/mol. The highest BCUT2D eigenvalue weighted by atomic mass is 16.6. The maximum atomic E-state index is 13.3. The Morgan fingerprint density at radius 1 is 1.00 bits per heavy atom. The minimum absolute atomic E-state index is 0.0131. The molecule has 30 heavy (non-hydrogen) atoms. The van der Waals surface area contributed by atoms with E-state index in [9.17, 15) is 9.59 Å². The van der Waals surface area contributed by atoms with Gasteiger partial charge in [0.2, 0.25) is 0 Å². The number of amides is 1. The Labute approximate surface area is 179 Å².